The van der Waals surface area contributed by atoms with E-state index < -0.39 is 0 Å². The van der Waals surface area contributed by atoms with Crippen LogP contribution in [0.25, 0.3) is 0 Å². The molecule has 1 aromatic heterocycles. The number of thiazole rings is 1. The quantitative estimate of drug-likeness (QED) is 0.253. The van der Waals surface area contributed by atoms with Crippen LogP contribution in [-0.4, -0.2) is 47.9 Å². The van der Waals surface area contributed by atoms with Crippen molar-refractivity contribution in [2.45, 2.75) is 52.4 Å². The first-order chi connectivity index (χ1) is 12.1. The summed E-state index contributed by atoms with van der Waals surface area (Å²) in [6.45, 7) is 7.67. The van der Waals surface area contributed by atoms with Crippen molar-refractivity contribution >= 4 is 47.2 Å². The molecule has 1 aromatic rings. The van der Waals surface area contributed by atoms with Crippen molar-refractivity contribution in [3.8, 4) is 0 Å². The van der Waals surface area contributed by atoms with Crippen LogP contribution in [0.2, 0.25) is 0 Å². The van der Waals surface area contributed by atoms with E-state index in [-0.39, 0.29) is 29.9 Å². The highest BCUT2D eigenvalue weighted by molar-refractivity contribution is 14.0. The van der Waals surface area contributed by atoms with E-state index in [4.69, 9.17) is 10.7 Å². The number of unbranched alkanes of at least 4 members (excludes halogenated alkanes) is 1. The summed E-state index contributed by atoms with van der Waals surface area (Å²) < 4.78 is 0. The molecule has 1 amide bonds. The van der Waals surface area contributed by atoms with Gasteiger partial charge in [0.05, 0.1) is 5.01 Å². The Balaban J connectivity index is 0.00000338. The van der Waals surface area contributed by atoms with Gasteiger partial charge in [-0.25, -0.2) is 4.98 Å². The number of hydrogen-bond acceptors (Lipinski definition) is 4. The van der Waals surface area contributed by atoms with Crippen molar-refractivity contribution in [3.05, 3.63) is 16.1 Å². The van der Waals surface area contributed by atoms with E-state index in [1.54, 1.807) is 11.3 Å². The molecule has 0 aliphatic carbocycles. The van der Waals surface area contributed by atoms with E-state index in [9.17, 15) is 4.79 Å². The molecule has 1 aliphatic heterocycles. The van der Waals surface area contributed by atoms with E-state index in [1.165, 1.54) is 5.01 Å². The number of primary amides is 1. The highest BCUT2D eigenvalue weighted by Crippen LogP contribution is 2.19. The fourth-order valence-corrected chi connectivity index (χ4v) is 4.04. The molecule has 2 rings (SSSR count). The Bertz CT molecular complexity index is 578. The van der Waals surface area contributed by atoms with E-state index in [2.05, 4.69) is 27.5 Å². The minimum Gasteiger partial charge on any atom is -0.370 e. The number of nitrogens with zero attached hydrogens (tertiary/aromatic N) is 3. The van der Waals surface area contributed by atoms with Crippen LogP contribution < -0.4 is 11.1 Å². The van der Waals surface area contributed by atoms with Gasteiger partial charge in [-0.15, -0.1) is 35.3 Å². The minimum atomic E-state index is -0.203. The molecule has 0 spiro atoms. The topological polar surface area (TPSA) is 83.6 Å². The first kappa shape index (κ1) is 23.1. The monoisotopic (exact) mass is 493 g/mol. The van der Waals surface area contributed by atoms with E-state index in [0.29, 0.717) is 12.3 Å². The Labute approximate surface area is 178 Å². The molecule has 6 nitrogen and oxygen atoms in total. The number of carbonyl (C=O) groups is 1. The van der Waals surface area contributed by atoms with Gasteiger partial charge in [-0.2, -0.15) is 0 Å². The van der Waals surface area contributed by atoms with Crippen LogP contribution in [0, 0.1) is 12.8 Å². The molecule has 1 saturated heterocycles. The SMILES string of the molecule is CCNC(=NCCCCc1nc(C)cs1)N1CCCC(CC(N)=O)C1.I. The fourth-order valence-electron chi connectivity index (χ4n) is 3.22. The molecule has 0 aromatic carbocycles. The summed E-state index contributed by atoms with van der Waals surface area (Å²) in [5.41, 5.74) is 6.47. The van der Waals surface area contributed by atoms with Crippen molar-refractivity contribution in [1.29, 1.82) is 0 Å². The van der Waals surface area contributed by atoms with Gasteiger partial charge in [-0.3, -0.25) is 9.79 Å². The molecule has 148 valence electrons. The van der Waals surface area contributed by atoms with Crippen LogP contribution in [0.3, 0.4) is 0 Å². The molecule has 1 fully saturated rings. The van der Waals surface area contributed by atoms with Crippen LogP contribution in [-0.2, 0) is 11.2 Å². The first-order valence-corrected chi connectivity index (χ1v) is 10.2. The number of hydrogen-bond donors (Lipinski definition) is 2. The van der Waals surface area contributed by atoms with Gasteiger partial charge >= 0.3 is 0 Å². The van der Waals surface area contributed by atoms with E-state index in [1.807, 2.05) is 6.92 Å². The number of aromatic nitrogens is 1. The molecule has 0 saturated carbocycles. The molecule has 0 radical (unpaired) electrons. The van der Waals surface area contributed by atoms with Gasteiger partial charge in [0, 0.05) is 43.7 Å². The second-order valence-electron chi connectivity index (χ2n) is 6.70. The van der Waals surface area contributed by atoms with Gasteiger partial charge in [-0.1, -0.05) is 0 Å². The summed E-state index contributed by atoms with van der Waals surface area (Å²) in [4.78, 5) is 22.8. The maximum Gasteiger partial charge on any atom is 0.217 e. The Morgan fingerprint density at radius 1 is 1.50 bits per heavy atom. The number of piperidine rings is 1. The van der Waals surface area contributed by atoms with Crippen LogP contribution in [0.4, 0.5) is 0 Å². The highest BCUT2D eigenvalue weighted by atomic mass is 127. The largest absolute Gasteiger partial charge is 0.370 e. The summed E-state index contributed by atoms with van der Waals surface area (Å²) in [5.74, 6) is 1.12. The van der Waals surface area contributed by atoms with Crippen LogP contribution in [0.15, 0.2) is 10.4 Å². The second kappa shape index (κ2) is 12.5. The second-order valence-corrected chi connectivity index (χ2v) is 7.64. The number of nitrogens with two attached hydrogens (primary N) is 1. The van der Waals surface area contributed by atoms with Crippen LogP contribution in [0.5, 0.6) is 0 Å². The normalized spacial score (nSPS) is 17.7. The molecule has 1 atom stereocenters. The first-order valence-electron chi connectivity index (χ1n) is 9.31. The van der Waals surface area contributed by atoms with Crippen molar-refractivity contribution in [2.75, 3.05) is 26.2 Å². The molecular weight excluding hydrogens is 461 g/mol. The maximum atomic E-state index is 11.2. The lowest BCUT2D eigenvalue weighted by molar-refractivity contribution is -0.119. The summed E-state index contributed by atoms with van der Waals surface area (Å²) in [6.07, 6.45) is 5.85. The zero-order valence-electron chi connectivity index (χ0n) is 15.9. The molecule has 3 N–H and O–H groups in total. The highest BCUT2D eigenvalue weighted by Gasteiger charge is 2.23. The average molecular weight is 493 g/mol. The molecule has 1 aliphatic rings. The van der Waals surface area contributed by atoms with E-state index in [0.717, 1.165) is 69.9 Å². The number of amides is 1. The van der Waals surface area contributed by atoms with Crippen LogP contribution >= 0.6 is 35.3 Å². The lowest BCUT2D eigenvalue weighted by atomic mass is 9.95. The zero-order valence-corrected chi connectivity index (χ0v) is 19.0. The number of rotatable bonds is 8. The third kappa shape index (κ3) is 8.20. The summed E-state index contributed by atoms with van der Waals surface area (Å²) in [6, 6.07) is 0. The molecule has 1 unspecified atom stereocenters. The Kier molecular flexibility index (Phi) is 11.1. The van der Waals surface area contributed by atoms with Crippen molar-refractivity contribution in [1.82, 2.24) is 15.2 Å². The zero-order chi connectivity index (χ0) is 18.1. The number of aliphatic imine (C=N–C) groups is 1. The maximum absolute atomic E-state index is 11.2. The average Bonchev–Trinajstić information content (AvgIpc) is 2.98. The van der Waals surface area contributed by atoms with Gasteiger partial charge < -0.3 is 16.0 Å². The summed E-state index contributed by atoms with van der Waals surface area (Å²) in [5, 5.41) is 6.72. The van der Waals surface area contributed by atoms with Crippen LogP contribution in [0.1, 0.15) is 49.7 Å². The van der Waals surface area contributed by atoms with Crippen molar-refractivity contribution < 1.29 is 4.79 Å². The van der Waals surface area contributed by atoms with Crippen molar-refractivity contribution in [3.63, 3.8) is 0 Å². The Morgan fingerprint density at radius 3 is 2.96 bits per heavy atom. The van der Waals surface area contributed by atoms with Gasteiger partial charge in [0.25, 0.3) is 0 Å². The van der Waals surface area contributed by atoms with Gasteiger partial charge in [-0.05, 0) is 51.9 Å². The van der Waals surface area contributed by atoms with E-state index >= 15 is 0 Å². The van der Waals surface area contributed by atoms with Gasteiger partial charge in [0.2, 0.25) is 5.91 Å². The molecule has 2 heterocycles. The van der Waals surface area contributed by atoms with Gasteiger partial charge in [0.1, 0.15) is 0 Å². The third-order valence-electron chi connectivity index (χ3n) is 4.37. The molecular formula is C18H32IN5OS. The fraction of sp³-hybridized carbons (Fsp3) is 0.722. The molecule has 8 heteroatoms. The molecule has 0 bridgehead atoms. The summed E-state index contributed by atoms with van der Waals surface area (Å²) >= 11 is 1.74. The number of halogens is 1. The molecule has 26 heavy (non-hydrogen) atoms. The smallest absolute Gasteiger partial charge is 0.217 e. The summed E-state index contributed by atoms with van der Waals surface area (Å²) in [7, 11) is 0. The standard InChI is InChI=1S/C18H31N5OS.HI/c1-3-20-18(23-10-6-7-15(12-23)11-16(19)24)21-9-5-4-8-17-22-14(2)13-25-17;/h13,15H,3-12H2,1-2H3,(H2,19,24)(H,20,21);1H. The minimum absolute atomic E-state index is 0. The number of guanidine groups is 1. The predicted octanol–water partition coefficient (Wildman–Crippen LogP) is 2.95. The number of carbonyl (C=O) groups excluding carboxylic acids is 1. The number of likely N-dealkylation sites (tertiary alicyclic amines) is 1. The Morgan fingerprint density at radius 2 is 2.31 bits per heavy atom. The lowest BCUT2D eigenvalue weighted by Gasteiger charge is -2.34. The van der Waals surface area contributed by atoms with Crippen molar-refractivity contribution in [2.24, 2.45) is 16.6 Å². The third-order valence-corrected chi connectivity index (χ3v) is 5.40. The number of aryl methyl sites for hydroxylation is 2. The van der Waals surface area contributed by atoms with Gasteiger partial charge in [0.15, 0.2) is 5.96 Å². The number of nitrogens with one attached hydrogen (secondary N) is 1. The Hall–Kier alpha value is -0.900. The predicted molar refractivity (Wildman–Crippen MR) is 119 cm³/mol. The lowest BCUT2D eigenvalue weighted by Crippen LogP contribution is -2.47.